The van der Waals surface area contributed by atoms with Crippen molar-refractivity contribution in [2.45, 2.75) is 25.3 Å². The summed E-state index contributed by atoms with van der Waals surface area (Å²) in [7, 11) is -3.19. The minimum absolute atomic E-state index is 0.0367. The molecule has 2 atom stereocenters. The molecule has 0 unspecified atom stereocenters. The van der Waals surface area contributed by atoms with E-state index in [9.17, 15) is 13.2 Å². The molecular weight excluding hydrogens is 352 g/mol. The van der Waals surface area contributed by atoms with Crippen molar-refractivity contribution in [3.63, 3.8) is 0 Å². The van der Waals surface area contributed by atoms with Crippen LogP contribution in [0.15, 0.2) is 46.9 Å². The molecule has 1 aromatic carbocycles. The van der Waals surface area contributed by atoms with Gasteiger partial charge in [0.25, 0.3) is 5.91 Å². The van der Waals surface area contributed by atoms with Crippen LogP contribution in [0.5, 0.6) is 0 Å². The van der Waals surface area contributed by atoms with Gasteiger partial charge in [-0.3, -0.25) is 9.69 Å². The minimum Gasteiger partial charge on any atom is -0.455 e. The van der Waals surface area contributed by atoms with E-state index in [4.69, 9.17) is 4.42 Å². The molecule has 140 valence electrons. The average molecular weight is 376 g/mol. The van der Waals surface area contributed by atoms with E-state index in [2.05, 4.69) is 29.3 Å². The summed E-state index contributed by atoms with van der Waals surface area (Å²) in [6.07, 6.45) is 1.14. The summed E-state index contributed by atoms with van der Waals surface area (Å²) in [6.45, 7) is 4.67. The van der Waals surface area contributed by atoms with Gasteiger partial charge >= 0.3 is 0 Å². The molecule has 7 heteroatoms. The zero-order chi connectivity index (χ0) is 18.7. The van der Waals surface area contributed by atoms with Crippen LogP contribution >= 0.6 is 0 Å². The number of furan rings is 1. The zero-order valence-corrected chi connectivity index (χ0v) is 15.8. The van der Waals surface area contributed by atoms with Crippen LogP contribution in [0.4, 0.5) is 0 Å². The lowest BCUT2D eigenvalue weighted by Crippen LogP contribution is -2.39. The lowest BCUT2D eigenvalue weighted by atomic mass is 10.1. The van der Waals surface area contributed by atoms with Crippen molar-refractivity contribution >= 4 is 15.7 Å². The lowest BCUT2D eigenvalue weighted by Gasteiger charge is -2.16. The Morgan fingerprint density at radius 2 is 1.92 bits per heavy atom. The van der Waals surface area contributed by atoms with Crippen molar-refractivity contribution in [3.05, 3.63) is 59.5 Å². The summed E-state index contributed by atoms with van der Waals surface area (Å²) in [5.74, 6) is 0.252. The molecule has 26 heavy (non-hydrogen) atoms. The van der Waals surface area contributed by atoms with E-state index < -0.39 is 9.84 Å². The average Bonchev–Trinajstić information content (AvgIpc) is 3.14. The van der Waals surface area contributed by atoms with Gasteiger partial charge in [-0.2, -0.15) is 0 Å². The molecule has 0 spiro atoms. The topological polar surface area (TPSA) is 79.6 Å². The Balaban J connectivity index is 1.57. The number of carbonyl (C=O) groups excluding carboxylic acids is 1. The zero-order valence-electron chi connectivity index (χ0n) is 15.0. The van der Waals surface area contributed by atoms with Crippen molar-refractivity contribution in [3.8, 4) is 0 Å². The number of nitrogens with zero attached hydrogens (tertiary/aromatic N) is 1. The van der Waals surface area contributed by atoms with E-state index in [1.165, 1.54) is 17.7 Å². The van der Waals surface area contributed by atoms with Crippen molar-refractivity contribution in [1.29, 1.82) is 0 Å². The van der Waals surface area contributed by atoms with Crippen LogP contribution in [-0.4, -0.2) is 44.6 Å². The van der Waals surface area contributed by atoms with Crippen LogP contribution in [0, 0.1) is 5.92 Å². The SMILES string of the molecule is C[C@@H]1CN(Cc2ccccc2)C[C@H]1NC(=O)c1ccc(CS(C)(=O)=O)o1. The minimum atomic E-state index is -3.19. The van der Waals surface area contributed by atoms with Gasteiger partial charge in [-0.05, 0) is 23.6 Å². The second kappa shape index (κ2) is 7.63. The predicted octanol–water partition coefficient (Wildman–Crippen LogP) is 2.07. The Morgan fingerprint density at radius 3 is 2.62 bits per heavy atom. The number of hydrogen-bond acceptors (Lipinski definition) is 5. The van der Waals surface area contributed by atoms with Gasteiger partial charge in [0.15, 0.2) is 15.6 Å². The Hall–Kier alpha value is -2.12. The Kier molecular flexibility index (Phi) is 5.48. The van der Waals surface area contributed by atoms with Gasteiger partial charge in [0, 0.05) is 31.9 Å². The maximum absolute atomic E-state index is 12.4. The number of sulfone groups is 1. The molecule has 1 N–H and O–H groups in total. The molecule has 1 fully saturated rings. The largest absolute Gasteiger partial charge is 0.455 e. The van der Waals surface area contributed by atoms with Gasteiger partial charge in [0.1, 0.15) is 11.5 Å². The summed E-state index contributed by atoms with van der Waals surface area (Å²) in [4.78, 5) is 14.7. The van der Waals surface area contributed by atoms with Gasteiger partial charge < -0.3 is 9.73 Å². The van der Waals surface area contributed by atoms with E-state index in [1.807, 2.05) is 18.2 Å². The highest BCUT2D eigenvalue weighted by Crippen LogP contribution is 2.20. The fourth-order valence-corrected chi connectivity index (χ4v) is 3.97. The lowest BCUT2D eigenvalue weighted by molar-refractivity contribution is 0.0901. The third-order valence-electron chi connectivity index (χ3n) is 4.54. The first kappa shape index (κ1) is 18.7. The third-order valence-corrected chi connectivity index (χ3v) is 5.35. The van der Waals surface area contributed by atoms with E-state index in [1.54, 1.807) is 0 Å². The summed E-state index contributed by atoms with van der Waals surface area (Å²) >= 11 is 0. The predicted molar refractivity (Wildman–Crippen MR) is 99.4 cm³/mol. The molecule has 1 aliphatic heterocycles. The molecule has 0 saturated carbocycles. The molecule has 1 saturated heterocycles. The molecule has 6 nitrogen and oxygen atoms in total. The highest BCUT2D eigenvalue weighted by Gasteiger charge is 2.31. The maximum atomic E-state index is 12.4. The maximum Gasteiger partial charge on any atom is 0.287 e. The second-order valence-electron chi connectivity index (χ2n) is 7.07. The van der Waals surface area contributed by atoms with Gasteiger partial charge in [-0.1, -0.05) is 37.3 Å². The van der Waals surface area contributed by atoms with E-state index in [0.29, 0.717) is 5.92 Å². The van der Waals surface area contributed by atoms with Crippen LogP contribution in [0.25, 0.3) is 0 Å². The molecule has 1 amide bonds. The van der Waals surface area contributed by atoms with Crippen molar-refractivity contribution in [1.82, 2.24) is 10.2 Å². The standard InChI is InChI=1S/C19H24N2O4S/c1-14-10-21(11-15-6-4-3-5-7-15)12-17(14)20-19(22)18-9-8-16(25-18)13-26(2,23)24/h3-9,14,17H,10-13H2,1-2H3,(H,20,22)/t14-,17-/m1/s1. The van der Waals surface area contributed by atoms with Crippen LogP contribution in [-0.2, 0) is 22.1 Å². The number of amides is 1. The molecule has 2 aromatic rings. The Morgan fingerprint density at radius 1 is 1.19 bits per heavy atom. The Bertz CT molecular complexity index is 861. The van der Waals surface area contributed by atoms with E-state index in [-0.39, 0.29) is 29.2 Å². The number of hydrogen-bond donors (Lipinski definition) is 1. The van der Waals surface area contributed by atoms with Crippen LogP contribution in [0.1, 0.15) is 28.8 Å². The monoisotopic (exact) mass is 376 g/mol. The number of carbonyl (C=O) groups is 1. The number of rotatable bonds is 6. The normalized spacial score (nSPS) is 21.0. The summed E-state index contributed by atoms with van der Waals surface area (Å²) < 4.78 is 28.0. The third kappa shape index (κ3) is 4.95. The van der Waals surface area contributed by atoms with Gasteiger partial charge in [0.05, 0.1) is 0 Å². The molecule has 1 aliphatic rings. The fourth-order valence-electron chi connectivity index (χ4n) is 3.30. The summed E-state index contributed by atoms with van der Waals surface area (Å²) in [6, 6.07) is 13.4. The van der Waals surface area contributed by atoms with Crippen molar-refractivity contribution in [2.24, 2.45) is 5.92 Å². The van der Waals surface area contributed by atoms with E-state index in [0.717, 1.165) is 25.9 Å². The molecule has 0 bridgehead atoms. The number of benzene rings is 1. The first-order valence-corrected chi connectivity index (χ1v) is 10.7. The first-order valence-electron chi connectivity index (χ1n) is 8.64. The summed E-state index contributed by atoms with van der Waals surface area (Å²) in [5, 5.41) is 3.01. The van der Waals surface area contributed by atoms with Gasteiger partial charge in [0.2, 0.25) is 0 Å². The quantitative estimate of drug-likeness (QED) is 0.835. The second-order valence-corrected chi connectivity index (χ2v) is 9.21. The van der Waals surface area contributed by atoms with Crippen LogP contribution in [0.2, 0.25) is 0 Å². The molecule has 0 aliphatic carbocycles. The number of likely N-dealkylation sites (tertiary alicyclic amines) is 1. The molecular formula is C19H24N2O4S. The molecule has 1 aromatic heterocycles. The van der Waals surface area contributed by atoms with Crippen molar-refractivity contribution in [2.75, 3.05) is 19.3 Å². The van der Waals surface area contributed by atoms with Gasteiger partial charge in [-0.25, -0.2) is 8.42 Å². The van der Waals surface area contributed by atoms with Crippen LogP contribution < -0.4 is 5.32 Å². The first-order chi connectivity index (χ1) is 12.3. The van der Waals surface area contributed by atoms with E-state index >= 15 is 0 Å². The molecule has 3 rings (SSSR count). The molecule has 2 heterocycles. The highest BCUT2D eigenvalue weighted by molar-refractivity contribution is 7.89. The number of nitrogens with one attached hydrogen (secondary N) is 1. The summed E-state index contributed by atoms with van der Waals surface area (Å²) in [5.41, 5.74) is 1.25. The smallest absolute Gasteiger partial charge is 0.287 e. The molecule has 0 radical (unpaired) electrons. The van der Waals surface area contributed by atoms with Crippen LogP contribution in [0.3, 0.4) is 0 Å². The highest BCUT2D eigenvalue weighted by atomic mass is 32.2. The Labute approximate surface area is 154 Å². The fraction of sp³-hybridized carbons (Fsp3) is 0.421. The van der Waals surface area contributed by atoms with Gasteiger partial charge in [-0.15, -0.1) is 0 Å². The van der Waals surface area contributed by atoms with Crippen molar-refractivity contribution < 1.29 is 17.6 Å².